The van der Waals surface area contributed by atoms with E-state index in [-0.39, 0.29) is 17.8 Å². The van der Waals surface area contributed by atoms with Crippen LogP contribution in [0, 0.1) is 5.82 Å². The van der Waals surface area contributed by atoms with E-state index in [1.54, 1.807) is 19.1 Å². The highest BCUT2D eigenvalue weighted by Crippen LogP contribution is 2.21. The summed E-state index contributed by atoms with van der Waals surface area (Å²) in [7, 11) is 1.14. The summed E-state index contributed by atoms with van der Waals surface area (Å²) >= 11 is 0. The van der Waals surface area contributed by atoms with E-state index >= 15 is 0 Å². The molecule has 0 saturated heterocycles. The second-order valence-electron chi connectivity index (χ2n) is 7.34. The monoisotopic (exact) mass is 457 g/mol. The van der Waals surface area contributed by atoms with Crippen molar-refractivity contribution >= 4 is 28.7 Å². The van der Waals surface area contributed by atoms with Gasteiger partial charge in [0.25, 0.3) is 5.91 Å². The molecule has 0 aliphatic rings. The minimum Gasteiger partial charge on any atom is -0.467 e. The van der Waals surface area contributed by atoms with Crippen molar-refractivity contribution in [1.82, 2.24) is 25.4 Å². The summed E-state index contributed by atoms with van der Waals surface area (Å²) in [5.41, 5.74) is 1.29. The van der Waals surface area contributed by atoms with Crippen molar-refractivity contribution < 1.29 is 28.6 Å². The number of esters is 1. The van der Waals surface area contributed by atoms with Gasteiger partial charge in [-0.25, -0.2) is 13.9 Å². The normalized spacial score (nSPS) is 13.7. The van der Waals surface area contributed by atoms with Crippen LogP contribution in [-0.2, 0) is 14.3 Å². The van der Waals surface area contributed by atoms with Crippen LogP contribution in [0.1, 0.15) is 30.6 Å². The van der Waals surface area contributed by atoms with E-state index in [2.05, 4.69) is 25.5 Å². The molecule has 2 amide bonds. The van der Waals surface area contributed by atoms with Crippen molar-refractivity contribution in [3.05, 3.63) is 54.2 Å². The van der Waals surface area contributed by atoms with Gasteiger partial charge in [-0.05, 0) is 37.6 Å². The Labute approximate surface area is 188 Å². The van der Waals surface area contributed by atoms with Crippen LogP contribution in [0.5, 0.6) is 0 Å². The first-order valence-electron chi connectivity index (χ1n) is 10.2. The van der Waals surface area contributed by atoms with E-state index in [9.17, 15) is 23.9 Å². The molecule has 3 rings (SSSR count). The number of ether oxygens (including phenoxy) is 1. The highest BCUT2D eigenvalue weighted by atomic mass is 19.1. The largest absolute Gasteiger partial charge is 0.467 e. The number of carbonyl (C=O) groups is 3. The lowest BCUT2D eigenvalue weighted by molar-refractivity contribution is -0.148. The highest BCUT2D eigenvalue weighted by Gasteiger charge is 2.30. The highest BCUT2D eigenvalue weighted by molar-refractivity contribution is 6.07. The number of aromatic nitrogens is 3. The Bertz CT molecular complexity index is 1160. The van der Waals surface area contributed by atoms with Gasteiger partial charge in [-0.3, -0.25) is 14.6 Å². The molecule has 11 heteroatoms. The molecule has 0 aliphatic carbocycles. The van der Waals surface area contributed by atoms with Crippen molar-refractivity contribution in [2.24, 2.45) is 0 Å². The van der Waals surface area contributed by atoms with Crippen LogP contribution in [0.4, 0.5) is 4.39 Å². The van der Waals surface area contributed by atoms with Gasteiger partial charge in [0.05, 0.1) is 42.4 Å². The lowest BCUT2D eigenvalue weighted by atomic mass is 10.1. The Balaban J connectivity index is 1.82. The Morgan fingerprint density at radius 2 is 1.85 bits per heavy atom. The number of amides is 2. The van der Waals surface area contributed by atoms with E-state index in [1.807, 2.05) is 0 Å². The molecule has 33 heavy (non-hydrogen) atoms. The average molecular weight is 457 g/mol. The van der Waals surface area contributed by atoms with Crippen LogP contribution in [0.15, 0.2) is 42.9 Å². The Morgan fingerprint density at radius 3 is 2.45 bits per heavy atom. The number of benzene rings is 1. The van der Waals surface area contributed by atoms with E-state index in [0.717, 1.165) is 7.11 Å². The summed E-state index contributed by atoms with van der Waals surface area (Å²) in [5, 5.41) is 19.5. The van der Waals surface area contributed by atoms with E-state index in [0.29, 0.717) is 16.6 Å². The second-order valence-corrected chi connectivity index (χ2v) is 7.34. The summed E-state index contributed by atoms with van der Waals surface area (Å²) in [5.74, 6) is -2.41. The number of hydrogen-bond donors (Lipinski definition) is 3. The van der Waals surface area contributed by atoms with Crippen molar-refractivity contribution in [2.75, 3.05) is 7.11 Å². The first-order chi connectivity index (χ1) is 15.8. The first-order valence-corrected chi connectivity index (χ1v) is 10.2. The van der Waals surface area contributed by atoms with Crippen molar-refractivity contribution in [1.29, 1.82) is 0 Å². The number of methoxy groups -OCH3 is 1. The number of fused-ring (bicyclic) bond motifs is 1. The van der Waals surface area contributed by atoms with Gasteiger partial charge in [-0.15, -0.1) is 0 Å². The smallest absolute Gasteiger partial charge is 0.331 e. The predicted molar refractivity (Wildman–Crippen MR) is 116 cm³/mol. The van der Waals surface area contributed by atoms with Gasteiger partial charge >= 0.3 is 5.97 Å². The van der Waals surface area contributed by atoms with E-state index < -0.39 is 36.0 Å². The number of hydrogen-bond acceptors (Lipinski definition) is 7. The van der Waals surface area contributed by atoms with Gasteiger partial charge in [-0.1, -0.05) is 6.92 Å². The zero-order valence-electron chi connectivity index (χ0n) is 18.3. The van der Waals surface area contributed by atoms with Crippen molar-refractivity contribution in [3.63, 3.8) is 0 Å². The van der Waals surface area contributed by atoms with Crippen molar-refractivity contribution in [2.45, 2.75) is 38.5 Å². The standard InChI is InChI=1S/C22H24FN5O5/c1-4-17(21(31)27-19(12(2)29)22(32)33-3)26-20(30)16-9-24-11-18-15(16)10-25-28(18)14-7-5-13(23)6-8-14/h5-12,17,19,29H,4H2,1-3H3,(H,26,30)(H,27,31)/t12-,17?,19+/m1/s1. The summed E-state index contributed by atoms with van der Waals surface area (Å²) in [6.45, 7) is 3.03. The predicted octanol–water partition coefficient (Wildman–Crippen LogP) is 1.11. The maximum atomic E-state index is 13.3. The molecule has 0 bridgehead atoms. The Kier molecular flexibility index (Phi) is 7.34. The fourth-order valence-corrected chi connectivity index (χ4v) is 3.26. The van der Waals surface area contributed by atoms with Gasteiger partial charge in [-0.2, -0.15) is 5.10 Å². The van der Waals surface area contributed by atoms with Crippen LogP contribution in [0.2, 0.25) is 0 Å². The molecular formula is C22H24FN5O5. The van der Waals surface area contributed by atoms with Gasteiger partial charge < -0.3 is 20.5 Å². The minimum absolute atomic E-state index is 0.187. The summed E-state index contributed by atoms with van der Waals surface area (Å²) in [6, 6.07) is 3.44. The molecule has 3 N–H and O–H groups in total. The molecule has 0 fully saturated rings. The fourth-order valence-electron chi connectivity index (χ4n) is 3.26. The Hall–Kier alpha value is -3.86. The zero-order valence-corrected chi connectivity index (χ0v) is 18.3. The molecule has 3 atom stereocenters. The number of carbonyl (C=O) groups excluding carboxylic acids is 3. The number of aliphatic hydroxyl groups excluding tert-OH is 1. The maximum Gasteiger partial charge on any atom is 0.331 e. The molecule has 1 unspecified atom stereocenters. The van der Waals surface area contributed by atoms with Gasteiger partial charge in [0.2, 0.25) is 5.91 Å². The third kappa shape index (κ3) is 5.14. The van der Waals surface area contributed by atoms with Crippen LogP contribution >= 0.6 is 0 Å². The molecule has 1 aromatic carbocycles. The topological polar surface area (TPSA) is 135 Å². The number of halogens is 1. The molecular weight excluding hydrogens is 433 g/mol. The lowest BCUT2D eigenvalue weighted by Gasteiger charge is -2.23. The molecule has 10 nitrogen and oxygen atoms in total. The molecule has 3 aromatic rings. The molecule has 0 spiro atoms. The number of nitrogens with one attached hydrogen (secondary N) is 2. The van der Waals surface area contributed by atoms with Gasteiger partial charge in [0.15, 0.2) is 6.04 Å². The SMILES string of the molecule is CCC(NC(=O)c1cncc2c1cnn2-c1ccc(F)cc1)C(=O)N[C@H](C(=O)OC)[C@@H](C)O. The summed E-state index contributed by atoms with van der Waals surface area (Å²) in [4.78, 5) is 41.5. The van der Waals surface area contributed by atoms with Crippen LogP contribution < -0.4 is 10.6 Å². The van der Waals surface area contributed by atoms with Gasteiger partial charge in [0, 0.05) is 11.6 Å². The third-order valence-corrected chi connectivity index (χ3v) is 5.08. The molecule has 0 saturated carbocycles. The van der Waals surface area contributed by atoms with Crippen LogP contribution in [0.25, 0.3) is 16.6 Å². The maximum absolute atomic E-state index is 13.3. The number of pyridine rings is 1. The zero-order chi connectivity index (χ0) is 24.1. The number of nitrogens with zero attached hydrogens (tertiary/aromatic N) is 3. The summed E-state index contributed by atoms with van der Waals surface area (Å²) < 4.78 is 19.4. The Morgan fingerprint density at radius 1 is 1.15 bits per heavy atom. The number of aliphatic hydroxyl groups is 1. The minimum atomic E-state index is -1.27. The van der Waals surface area contributed by atoms with Crippen LogP contribution in [-0.4, -0.2) is 63.0 Å². The van der Waals surface area contributed by atoms with E-state index in [1.165, 1.54) is 42.3 Å². The average Bonchev–Trinajstić information content (AvgIpc) is 3.24. The molecule has 2 aromatic heterocycles. The second kappa shape index (κ2) is 10.2. The molecule has 0 aliphatic heterocycles. The van der Waals surface area contributed by atoms with Crippen molar-refractivity contribution in [3.8, 4) is 5.69 Å². The fraction of sp³-hybridized carbons (Fsp3) is 0.318. The third-order valence-electron chi connectivity index (χ3n) is 5.08. The van der Waals surface area contributed by atoms with Gasteiger partial charge in [0.1, 0.15) is 11.9 Å². The lowest BCUT2D eigenvalue weighted by Crippen LogP contribution is -2.54. The number of rotatable bonds is 8. The quantitative estimate of drug-likeness (QED) is 0.431. The molecule has 2 heterocycles. The molecule has 0 radical (unpaired) electrons. The van der Waals surface area contributed by atoms with Crippen LogP contribution in [0.3, 0.4) is 0 Å². The first kappa shape index (κ1) is 23.8. The molecule has 174 valence electrons. The van der Waals surface area contributed by atoms with E-state index in [4.69, 9.17) is 0 Å². The summed E-state index contributed by atoms with van der Waals surface area (Å²) in [6.07, 6.45) is 3.40.